The highest BCUT2D eigenvalue weighted by Crippen LogP contribution is 2.28. The number of aromatic nitrogens is 1. The van der Waals surface area contributed by atoms with Gasteiger partial charge in [0.25, 0.3) is 0 Å². The van der Waals surface area contributed by atoms with Crippen molar-refractivity contribution >= 4 is 29.4 Å². The van der Waals surface area contributed by atoms with Gasteiger partial charge < -0.3 is 20.6 Å². The van der Waals surface area contributed by atoms with Crippen molar-refractivity contribution in [3.63, 3.8) is 0 Å². The monoisotopic (exact) mass is 484 g/mol. The number of urea groups is 1. The highest BCUT2D eigenvalue weighted by Gasteiger charge is 2.49. The second-order valence-electron chi connectivity index (χ2n) is 9.11. The van der Waals surface area contributed by atoms with Crippen LogP contribution in [0.4, 0.5) is 25.4 Å². The topological polar surface area (TPSA) is 118 Å². The zero-order chi connectivity index (χ0) is 25.2. The summed E-state index contributed by atoms with van der Waals surface area (Å²) in [6.45, 7) is 5.50. The van der Waals surface area contributed by atoms with E-state index < -0.39 is 23.5 Å². The summed E-state index contributed by atoms with van der Waals surface area (Å²) in [4.78, 5) is 46.1. The van der Waals surface area contributed by atoms with Crippen molar-refractivity contribution in [2.45, 2.75) is 32.4 Å². The SMILES string of the molecule is Cc1ccc(NC(=O)Nc2cccc(CN3CCN(C(=O)O)[C@](C)(C(=O)N4CCC4)C3)c2F)cn1. The number of rotatable bonds is 5. The van der Waals surface area contributed by atoms with Gasteiger partial charge in [-0.25, -0.2) is 14.0 Å². The Morgan fingerprint density at radius 1 is 1.11 bits per heavy atom. The minimum Gasteiger partial charge on any atom is -0.465 e. The average Bonchev–Trinajstić information content (AvgIpc) is 2.77. The maximum Gasteiger partial charge on any atom is 0.408 e. The number of nitrogens with zero attached hydrogens (tertiary/aromatic N) is 4. The number of aryl methyl sites for hydroxylation is 1. The molecule has 0 aliphatic carbocycles. The molecule has 10 nitrogen and oxygen atoms in total. The molecular formula is C24H29FN6O4. The minimum absolute atomic E-state index is 0.0173. The van der Waals surface area contributed by atoms with Crippen LogP contribution >= 0.6 is 0 Å². The van der Waals surface area contributed by atoms with Crippen LogP contribution in [0.25, 0.3) is 0 Å². The van der Waals surface area contributed by atoms with Gasteiger partial charge in [-0.15, -0.1) is 0 Å². The number of halogens is 1. The number of benzene rings is 1. The Balaban J connectivity index is 1.45. The Morgan fingerprint density at radius 2 is 1.89 bits per heavy atom. The smallest absolute Gasteiger partial charge is 0.408 e. The van der Waals surface area contributed by atoms with Crippen molar-refractivity contribution in [1.82, 2.24) is 19.7 Å². The standard InChI is InChI=1S/C24H29FN6O4/c1-16-7-8-18(13-26-16)27-22(33)28-19-6-3-5-17(20(19)25)14-29-11-12-31(23(34)35)24(2,15-29)21(32)30-9-4-10-30/h3,5-8,13H,4,9-12,14-15H2,1-2H3,(H,34,35)(H2,27,28,33)/t24-/m0/s1. The molecule has 186 valence electrons. The molecule has 3 heterocycles. The van der Waals surface area contributed by atoms with Crippen LogP contribution in [-0.4, -0.2) is 81.1 Å². The number of carboxylic acid groups (broad SMARTS) is 1. The third-order valence-electron chi connectivity index (χ3n) is 6.49. The molecule has 35 heavy (non-hydrogen) atoms. The zero-order valence-corrected chi connectivity index (χ0v) is 19.8. The summed E-state index contributed by atoms with van der Waals surface area (Å²) in [5.74, 6) is -0.810. The van der Waals surface area contributed by atoms with Gasteiger partial charge in [-0.2, -0.15) is 0 Å². The maximum atomic E-state index is 15.3. The fourth-order valence-electron chi connectivity index (χ4n) is 4.44. The summed E-state index contributed by atoms with van der Waals surface area (Å²) < 4.78 is 15.3. The first-order chi connectivity index (χ1) is 16.7. The van der Waals surface area contributed by atoms with Crippen LogP contribution in [0.2, 0.25) is 0 Å². The number of hydrogen-bond donors (Lipinski definition) is 3. The Bertz CT molecular complexity index is 1120. The third kappa shape index (κ3) is 5.19. The molecule has 0 radical (unpaired) electrons. The molecule has 0 bridgehead atoms. The number of anilines is 2. The number of piperazine rings is 1. The number of carbonyl (C=O) groups is 3. The van der Waals surface area contributed by atoms with Crippen LogP contribution in [0.5, 0.6) is 0 Å². The molecule has 2 saturated heterocycles. The van der Waals surface area contributed by atoms with Crippen LogP contribution < -0.4 is 10.6 Å². The molecule has 4 amide bonds. The van der Waals surface area contributed by atoms with Crippen molar-refractivity contribution in [1.29, 1.82) is 0 Å². The van der Waals surface area contributed by atoms with E-state index in [-0.39, 0.29) is 31.2 Å². The molecule has 2 aliphatic rings. The predicted molar refractivity (Wildman–Crippen MR) is 128 cm³/mol. The largest absolute Gasteiger partial charge is 0.465 e. The highest BCUT2D eigenvalue weighted by molar-refractivity contribution is 5.99. The van der Waals surface area contributed by atoms with Crippen molar-refractivity contribution in [2.75, 3.05) is 43.4 Å². The molecule has 2 fully saturated rings. The number of hydrogen-bond acceptors (Lipinski definition) is 5. The molecule has 1 atom stereocenters. The Labute approximate surface area is 202 Å². The first-order valence-corrected chi connectivity index (χ1v) is 11.5. The predicted octanol–water partition coefficient (Wildman–Crippen LogP) is 2.96. The van der Waals surface area contributed by atoms with Crippen molar-refractivity contribution < 1.29 is 23.9 Å². The number of amides is 4. The van der Waals surface area contributed by atoms with Gasteiger partial charge in [0.05, 0.1) is 17.6 Å². The van der Waals surface area contributed by atoms with E-state index in [1.54, 1.807) is 36.1 Å². The first-order valence-electron chi connectivity index (χ1n) is 11.5. The molecule has 4 rings (SSSR count). The van der Waals surface area contributed by atoms with E-state index in [0.29, 0.717) is 30.9 Å². The van der Waals surface area contributed by atoms with E-state index >= 15 is 4.39 Å². The van der Waals surface area contributed by atoms with Gasteiger partial charge >= 0.3 is 12.1 Å². The zero-order valence-electron chi connectivity index (χ0n) is 19.8. The molecule has 0 spiro atoms. The second-order valence-corrected chi connectivity index (χ2v) is 9.11. The molecule has 1 aromatic heterocycles. The van der Waals surface area contributed by atoms with Gasteiger partial charge in [0.15, 0.2) is 5.82 Å². The van der Waals surface area contributed by atoms with Crippen LogP contribution in [0.1, 0.15) is 24.6 Å². The number of pyridine rings is 1. The summed E-state index contributed by atoms with van der Waals surface area (Å²) in [7, 11) is 0. The van der Waals surface area contributed by atoms with E-state index in [1.165, 1.54) is 17.2 Å². The van der Waals surface area contributed by atoms with E-state index in [4.69, 9.17) is 0 Å². The van der Waals surface area contributed by atoms with Gasteiger partial charge in [-0.05, 0) is 38.5 Å². The molecule has 2 aromatic rings. The molecule has 2 aliphatic heterocycles. The Morgan fingerprint density at radius 3 is 2.51 bits per heavy atom. The summed E-state index contributed by atoms with van der Waals surface area (Å²) in [5.41, 5.74) is 0.387. The molecule has 1 aromatic carbocycles. The molecule has 3 N–H and O–H groups in total. The van der Waals surface area contributed by atoms with Crippen LogP contribution in [-0.2, 0) is 11.3 Å². The quantitative estimate of drug-likeness (QED) is 0.601. The fourth-order valence-corrected chi connectivity index (χ4v) is 4.44. The maximum absolute atomic E-state index is 15.3. The van der Waals surface area contributed by atoms with Crippen molar-refractivity contribution in [3.8, 4) is 0 Å². The lowest BCUT2D eigenvalue weighted by molar-refractivity contribution is -0.150. The fraction of sp³-hybridized carbons (Fsp3) is 0.417. The van der Waals surface area contributed by atoms with Crippen LogP contribution in [0.3, 0.4) is 0 Å². The number of likely N-dealkylation sites (tertiary alicyclic amines) is 1. The summed E-state index contributed by atoms with van der Waals surface area (Å²) in [6, 6.07) is 7.56. The average molecular weight is 485 g/mol. The lowest BCUT2D eigenvalue weighted by Crippen LogP contribution is -2.69. The third-order valence-corrected chi connectivity index (χ3v) is 6.49. The van der Waals surface area contributed by atoms with E-state index in [2.05, 4.69) is 15.6 Å². The molecular weight excluding hydrogens is 455 g/mol. The number of carbonyl (C=O) groups excluding carboxylic acids is 2. The van der Waals surface area contributed by atoms with Gasteiger partial charge in [0.1, 0.15) is 5.54 Å². The number of nitrogens with one attached hydrogen (secondary N) is 2. The normalized spacial score (nSPS) is 20.2. The molecule has 11 heteroatoms. The Hall–Kier alpha value is -3.73. The van der Waals surface area contributed by atoms with Crippen LogP contribution in [0, 0.1) is 12.7 Å². The minimum atomic E-state index is -1.25. The lowest BCUT2D eigenvalue weighted by Gasteiger charge is -2.49. The van der Waals surface area contributed by atoms with E-state index in [1.807, 2.05) is 11.8 Å². The van der Waals surface area contributed by atoms with Crippen molar-refractivity contribution in [2.24, 2.45) is 0 Å². The van der Waals surface area contributed by atoms with E-state index in [9.17, 15) is 19.5 Å². The van der Waals surface area contributed by atoms with Gasteiger partial charge in [-0.1, -0.05) is 12.1 Å². The second kappa shape index (κ2) is 9.87. The van der Waals surface area contributed by atoms with Gasteiger partial charge in [0, 0.05) is 50.5 Å². The highest BCUT2D eigenvalue weighted by atomic mass is 19.1. The molecule has 0 unspecified atom stereocenters. The van der Waals surface area contributed by atoms with Crippen molar-refractivity contribution in [3.05, 3.63) is 53.6 Å². The first kappa shape index (κ1) is 24.4. The summed E-state index contributed by atoms with van der Waals surface area (Å²) >= 11 is 0. The van der Waals surface area contributed by atoms with Crippen LogP contribution in [0.15, 0.2) is 36.5 Å². The van der Waals surface area contributed by atoms with Gasteiger partial charge in [-0.3, -0.25) is 19.6 Å². The van der Waals surface area contributed by atoms with Gasteiger partial charge in [0.2, 0.25) is 5.91 Å². The molecule has 0 saturated carbocycles. The Kier molecular flexibility index (Phi) is 6.88. The lowest BCUT2D eigenvalue weighted by atomic mass is 9.92. The summed E-state index contributed by atoms with van der Waals surface area (Å²) in [6.07, 6.45) is 1.27. The summed E-state index contributed by atoms with van der Waals surface area (Å²) in [5, 5.41) is 14.8. The van der Waals surface area contributed by atoms with E-state index in [0.717, 1.165) is 12.1 Å².